The minimum atomic E-state index is 0. The van der Waals surface area contributed by atoms with E-state index in [2.05, 4.69) is 24.1 Å². The largest absolute Gasteiger partial charge is 0.316 e. The second-order valence-electron chi connectivity index (χ2n) is 5.66. The van der Waals surface area contributed by atoms with Crippen LogP contribution in [0.1, 0.15) is 33.1 Å². The van der Waals surface area contributed by atoms with Crippen LogP contribution >= 0.6 is 12.4 Å². The molecule has 15 heavy (non-hydrogen) atoms. The molecule has 2 fully saturated rings. The first-order chi connectivity index (χ1) is 6.70. The van der Waals surface area contributed by atoms with Gasteiger partial charge in [-0.25, -0.2) is 0 Å². The third-order valence-corrected chi connectivity index (χ3v) is 3.70. The molecule has 0 aromatic heterocycles. The molecule has 2 aliphatic rings. The number of hydrogen-bond donors (Lipinski definition) is 1. The molecule has 0 bridgehead atoms. The van der Waals surface area contributed by atoms with Crippen molar-refractivity contribution in [3.63, 3.8) is 0 Å². The van der Waals surface area contributed by atoms with Gasteiger partial charge in [0.25, 0.3) is 0 Å². The van der Waals surface area contributed by atoms with E-state index < -0.39 is 0 Å². The SMILES string of the molecule is CC(C)CN1CCCC2(CCNC2)C1.Cl. The van der Waals surface area contributed by atoms with E-state index in [1.54, 1.807) is 0 Å². The fraction of sp³-hybridized carbons (Fsp3) is 1.00. The molecule has 0 aromatic rings. The predicted molar refractivity (Wildman–Crippen MR) is 67.7 cm³/mol. The number of hydrogen-bond acceptors (Lipinski definition) is 2. The summed E-state index contributed by atoms with van der Waals surface area (Å²) in [6, 6.07) is 0. The van der Waals surface area contributed by atoms with Gasteiger partial charge >= 0.3 is 0 Å². The first kappa shape index (κ1) is 13.3. The monoisotopic (exact) mass is 232 g/mol. The van der Waals surface area contributed by atoms with E-state index in [-0.39, 0.29) is 12.4 Å². The molecule has 3 heteroatoms. The molecule has 2 saturated heterocycles. The standard InChI is InChI=1S/C12H24N2.ClH/c1-11(2)8-14-7-3-4-12(10-14)5-6-13-9-12;/h11,13H,3-10H2,1-2H3;1H. The molecular weight excluding hydrogens is 208 g/mol. The van der Waals surface area contributed by atoms with Gasteiger partial charge in [0.05, 0.1) is 0 Å². The van der Waals surface area contributed by atoms with Crippen LogP contribution in [0.15, 0.2) is 0 Å². The summed E-state index contributed by atoms with van der Waals surface area (Å²) in [7, 11) is 0. The number of likely N-dealkylation sites (tertiary alicyclic amines) is 1. The number of rotatable bonds is 2. The van der Waals surface area contributed by atoms with Gasteiger partial charge in [0.15, 0.2) is 0 Å². The maximum atomic E-state index is 3.53. The zero-order valence-electron chi connectivity index (χ0n) is 10.1. The van der Waals surface area contributed by atoms with Crippen molar-refractivity contribution < 1.29 is 0 Å². The molecule has 2 rings (SSSR count). The fourth-order valence-corrected chi connectivity index (χ4v) is 3.13. The van der Waals surface area contributed by atoms with Crippen LogP contribution in [-0.2, 0) is 0 Å². The highest BCUT2D eigenvalue weighted by Crippen LogP contribution is 2.35. The van der Waals surface area contributed by atoms with Gasteiger partial charge in [0, 0.05) is 19.6 Å². The Morgan fingerprint density at radius 2 is 2.13 bits per heavy atom. The van der Waals surface area contributed by atoms with Crippen LogP contribution < -0.4 is 5.32 Å². The lowest BCUT2D eigenvalue weighted by Crippen LogP contribution is -2.45. The van der Waals surface area contributed by atoms with Gasteiger partial charge in [-0.05, 0) is 43.7 Å². The van der Waals surface area contributed by atoms with Crippen LogP contribution in [0.3, 0.4) is 0 Å². The average molecular weight is 233 g/mol. The minimum Gasteiger partial charge on any atom is -0.316 e. The van der Waals surface area contributed by atoms with Gasteiger partial charge < -0.3 is 10.2 Å². The smallest absolute Gasteiger partial charge is 0.00507 e. The lowest BCUT2D eigenvalue weighted by Gasteiger charge is -2.40. The second-order valence-corrected chi connectivity index (χ2v) is 5.66. The quantitative estimate of drug-likeness (QED) is 0.785. The van der Waals surface area contributed by atoms with Crippen molar-refractivity contribution in [1.29, 1.82) is 0 Å². The molecule has 0 aromatic carbocycles. The maximum Gasteiger partial charge on any atom is 0.00507 e. The zero-order valence-corrected chi connectivity index (χ0v) is 10.9. The molecule has 0 aliphatic carbocycles. The van der Waals surface area contributed by atoms with Crippen molar-refractivity contribution in [2.75, 3.05) is 32.7 Å². The van der Waals surface area contributed by atoms with Crippen molar-refractivity contribution in [3.8, 4) is 0 Å². The van der Waals surface area contributed by atoms with E-state index in [1.165, 1.54) is 52.0 Å². The molecular formula is C12H25ClN2. The molecule has 0 radical (unpaired) electrons. The Morgan fingerprint density at radius 3 is 2.73 bits per heavy atom. The van der Waals surface area contributed by atoms with Crippen LogP contribution in [0.4, 0.5) is 0 Å². The molecule has 2 nitrogen and oxygen atoms in total. The molecule has 1 spiro atoms. The summed E-state index contributed by atoms with van der Waals surface area (Å²) in [6.45, 7) is 11.1. The predicted octanol–water partition coefficient (Wildman–Crippen LogP) is 2.14. The summed E-state index contributed by atoms with van der Waals surface area (Å²) in [4.78, 5) is 2.68. The van der Waals surface area contributed by atoms with Crippen molar-refractivity contribution in [1.82, 2.24) is 10.2 Å². The first-order valence-electron chi connectivity index (χ1n) is 6.13. The topological polar surface area (TPSA) is 15.3 Å². The number of piperidine rings is 1. The van der Waals surface area contributed by atoms with E-state index in [0.29, 0.717) is 5.41 Å². The maximum absolute atomic E-state index is 3.53. The van der Waals surface area contributed by atoms with Crippen LogP contribution in [-0.4, -0.2) is 37.6 Å². The molecule has 0 amide bonds. The van der Waals surface area contributed by atoms with Gasteiger partial charge in [0.1, 0.15) is 0 Å². The Labute approximate surface area is 100 Å². The zero-order chi connectivity index (χ0) is 10.0. The van der Waals surface area contributed by atoms with Gasteiger partial charge in [-0.15, -0.1) is 12.4 Å². The van der Waals surface area contributed by atoms with Crippen molar-refractivity contribution in [3.05, 3.63) is 0 Å². The molecule has 90 valence electrons. The third kappa shape index (κ3) is 3.33. The highest BCUT2D eigenvalue weighted by Gasteiger charge is 2.37. The summed E-state index contributed by atoms with van der Waals surface area (Å²) in [5.74, 6) is 0.819. The summed E-state index contributed by atoms with van der Waals surface area (Å²) in [6.07, 6.45) is 4.27. The van der Waals surface area contributed by atoms with Crippen LogP contribution in [0, 0.1) is 11.3 Å². The Balaban J connectivity index is 0.00000112. The normalized spacial score (nSPS) is 32.2. The molecule has 1 N–H and O–H groups in total. The Bertz CT molecular complexity index is 188. The second kappa shape index (κ2) is 5.51. The Morgan fingerprint density at radius 1 is 1.33 bits per heavy atom. The van der Waals surface area contributed by atoms with Crippen LogP contribution in [0.5, 0.6) is 0 Å². The molecule has 1 unspecified atom stereocenters. The summed E-state index contributed by atoms with van der Waals surface area (Å²) in [5.41, 5.74) is 0.646. The third-order valence-electron chi connectivity index (χ3n) is 3.70. The van der Waals surface area contributed by atoms with Crippen molar-refractivity contribution in [2.45, 2.75) is 33.1 Å². The fourth-order valence-electron chi connectivity index (χ4n) is 3.13. The van der Waals surface area contributed by atoms with E-state index in [9.17, 15) is 0 Å². The van der Waals surface area contributed by atoms with E-state index in [0.717, 1.165) is 5.92 Å². The summed E-state index contributed by atoms with van der Waals surface area (Å²) in [5, 5.41) is 3.53. The number of halogens is 1. The first-order valence-corrected chi connectivity index (χ1v) is 6.13. The highest BCUT2D eigenvalue weighted by molar-refractivity contribution is 5.85. The van der Waals surface area contributed by atoms with E-state index >= 15 is 0 Å². The van der Waals surface area contributed by atoms with Crippen LogP contribution in [0.25, 0.3) is 0 Å². The van der Waals surface area contributed by atoms with Crippen molar-refractivity contribution in [2.24, 2.45) is 11.3 Å². The van der Waals surface area contributed by atoms with Crippen molar-refractivity contribution >= 4 is 12.4 Å². The van der Waals surface area contributed by atoms with Gasteiger partial charge in [-0.2, -0.15) is 0 Å². The average Bonchev–Trinajstić information content (AvgIpc) is 2.52. The Kier molecular flexibility index (Phi) is 4.88. The number of nitrogens with one attached hydrogen (secondary N) is 1. The molecule has 0 saturated carbocycles. The Hall–Kier alpha value is 0.210. The van der Waals surface area contributed by atoms with E-state index in [1.807, 2.05) is 0 Å². The highest BCUT2D eigenvalue weighted by atomic mass is 35.5. The summed E-state index contributed by atoms with van der Waals surface area (Å²) >= 11 is 0. The van der Waals surface area contributed by atoms with Gasteiger partial charge in [-0.1, -0.05) is 13.8 Å². The minimum absolute atomic E-state index is 0. The van der Waals surface area contributed by atoms with Gasteiger partial charge in [0.2, 0.25) is 0 Å². The molecule has 1 atom stereocenters. The van der Waals surface area contributed by atoms with Crippen LogP contribution in [0.2, 0.25) is 0 Å². The van der Waals surface area contributed by atoms with E-state index in [4.69, 9.17) is 0 Å². The molecule has 2 aliphatic heterocycles. The lowest BCUT2D eigenvalue weighted by molar-refractivity contribution is 0.0938. The van der Waals surface area contributed by atoms with Gasteiger partial charge in [-0.3, -0.25) is 0 Å². The summed E-state index contributed by atoms with van der Waals surface area (Å²) < 4.78 is 0. The molecule has 2 heterocycles. The lowest BCUT2D eigenvalue weighted by atomic mass is 9.79. The number of nitrogens with zero attached hydrogens (tertiary/aromatic N) is 1.